The Morgan fingerprint density at radius 1 is 1.09 bits per heavy atom. The fourth-order valence-corrected chi connectivity index (χ4v) is 1.23. The molecule has 1 radical (unpaired) electrons. The molecule has 0 saturated heterocycles. The van der Waals surface area contributed by atoms with E-state index >= 15 is 0 Å². The molecular weight excluding hydrogens is 132 g/mol. The van der Waals surface area contributed by atoms with Crippen LogP contribution in [0.15, 0.2) is 5.57 Å². The fourth-order valence-electron chi connectivity index (χ4n) is 1.23. The first-order chi connectivity index (χ1) is 5.35. The molecule has 0 fully saturated rings. The average molecular weight is 153 g/mol. The quantitative estimate of drug-likeness (QED) is 0.504. The van der Waals surface area contributed by atoms with Crippen molar-refractivity contribution in [2.24, 2.45) is 0 Å². The summed E-state index contributed by atoms with van der Waals surface area (Å²) in [5, 5.41) is 0. The molecule has 0 unspecified atom stereocenters. The van der Waals surface area contributed by atoms with Gasteiger partial charge in [0.15, 0.2) is 0 Å². The summed E-state index contributed by atoms with van der Waals surface area (Å²) in [5.74, 6) is 0. The van der Waals surface area contributed by atoms with Gasteiger partial charge in [0, 0.05) is 0 Å². The molecule has 0 rings (SSSR count). The molecule has 0 aromatic heterocycles. The summed E-state index contributed by atoms with van der Waals surface area (Å²) in [6, 6.07) is 0. The zero-order chi connectivity index (χ0) is 8.53. The first-order valence-electron chi connectivity index (χ1n) is 4.93. The third-order valence-electron chi connectivity index (χ3n) is 1.94. The van der Waals surface area contributed by atoms with Gasteiger partial charge in [-0.3, -0.25) is 0 Å². The third-order valence-corrected chi connectivity index (χ3v) is 1.94. The molecule has 0 heteroatoms. The van der Waals surface area contributed by atoms with E-state index < -0.39 is 0 Å². The third kappa shape index (κ3) is 6.15. The highest BCUT2D eigenvalue weighted by Crippen LogP contribution is 2.11. The van der Waals surface area contributed by atoms with Gasteiger partial charge >= 0.3 is 0 Å². The average Bonchev–Trinajstić information content (AvgIpc) is 2.03. The van der Waals surface area contributed by atoms with E-state index in [-0.39, 0.29) is 0 Å². The molecule has 0 spiro atoms. The van der Waals surface area contributed by atoms with Gasteiger partial charge in [0.05, 0.1) is 0 Å². The molecule has 0 amide bonds. The van der Waals surface area contributed by atoms with Crippen LogP contribution in [0.4, 0.5) is 0 Å². The molecule has 0 aromatic rings. The maximum absolute atomic E-state index is 3.41. The van der Waals surface area contributed by atoms with Gasteiger partial charge < -0.3 is 0 Å². The molecular formula is C11H21. The SMILES string of the molecule is CC/[C]=C(/CC)CCCCC. The van der Waals surface area contributed by atoms with Crippen molar-refractivity contribution in [2.75, 3.05) is 0 Å². The normalized spacial score (nSPS) is 12.1. The van der Waals surface area contributed by atoms with E-state index in [1.54, 1.807) is 0 Å². The van der Waals surface area contributed by atoms with Crippen molar-refractivity contribution < 1.29 is 0 Å². The van der Waals surface area contributed by atoms with E-state index in [0.29, 0.717) is 0 Å². The molecule has 0 atom stereocenters. The van der Waals surface area contributed by atoms with E-state index in [9.17, 15) is 0 Å². The molecule has 0 saturated carbocycles. The number of hydrogen-bond donors (Lipinski definition) is 0. The van der Waals surface area contributed by atoms with Gasteiger partial charge in [-0.2, -0.15) is 0 Å². The molecule has 0 N–H and O–H groups in total. The van der Waals surface area contributed by atoms with Crippen LogP contribution in [0, 0.1) is 6.08 Å². The Morgan fingerprint density at radius 3 is 2.27 bits per heavy atom. The van der Waals surface area contributed by atoms with Crippen LogP contribution in [-0.2, 0) is 0 Å². The van der Waals surface area contributed by atoms with Gasteiger partial charge in [-0.1, -0.05) is 39.2 Å². The summed E-state index contributed by atoms with van der Waals surface area (Å²) in [5.41, 5.74) is 1.53. The van der Waals surface area contributed by atoms with Crippen LogP contribution in [0.1, 0.15) is 59.3 Å². The largest absolute Gasteiger partial charge is 0.0670 e. The van der Waals surface area contributed by atoms with Crippen LogP contribution in [0.2, 0.25) is 0 Å². The summed E-state index contributed by atoms with van der Waals surface area (Å²) < 4.78 is 0. The lowest BCUT2D eigenvalue weighted by Crippen LogP contribution is -1.82. The summed E-state index contributed by atoms with van der Waals surface area (Å²) in [6.07, 6.45) is 11.0. The Morgan fingerprint density at radius 2 is 1.82 bits per heavy atom. The first-order valence-corrected chi connectivity index (χ1v) is 4.93. The molecule has 0 heterocycles. The van der Waals surface area contributed by atoms with E-state index in [4.69, 9.17) is 0 Å². The summed E-state index contributed by atoms with van der Waals surface area (Å²) >= 11 is 0. The number of rotatable bonds is 6. The zero-order valence-electron chi connectivity index (χ0n) is 8.24. The minimum absolute atomic E-state index is 1.08. The number of hydrogen-bond acceptors (Lipinski definition) is 0. The monoisotopic (exact) mass is 153 g/mol. The summed E-state index contributed by atoms with van der Waals surface area (Å²) in [4.78, 5) is 0. The van der Waals surface area contributed by atoms with Gasteiger partial charge in [0.25, 0.3) is 0 Å². The maximum atomic E-state index is 3.41. The van der Waals surface area contributed by atoms with E-state index in [2.05, 4.69) is 26.8 Å². The highest BCUT2D eigenvalue weighted by Gasteiger charge is 1.92. The van der Waals surface area contributed by atoms with Crippen LogP contribution in [-0.4, -0.2) is 0 Å². The molecule has 0 aliphatic rings. The Labute approximate surface area is 71.7 Å². The van der Waals surface area contributed by atoms with Crippen molar-refractivity contribution in [3.63, 3.8) is 0 Å². The van der Waals surface area contributed by atoms with Crippen molar-refractivity contribution in [1.29, 1.82) is 0 Å². The molecule has 11 heavy (non-hydrogen) atoms. The van der Waals surface area contributed by atoms with E-state index in [1.165, 1.54) is 37.7 Å². The number of unbranched alkanes of at least 4 members (excludes halogenated alkanes) is 2. The lowest BCUT2D eigenvalue weighted by Gasteiger charge is -2.01. The van der Waals surface area contributed by atoms with Gasteiger partial charge in [0.1, 0.15) is 0 Å². The van der Waals surface area contributed by atoms with Crippen molar-refractivity contribution in [3.8, 4) is 0 Å². The lowest BCUT2D eigenvalue weighted by molar-refractivity contribution is 0.698. The minimum Gasteiger partial charge on any atom is -0.0670 e. The van der Waals surface area contributed by atoms with Gasteiger partial charge in [-0.15, -0.1) is 0 Å². The van der Waals surface area contributed by atoms with Crippen LogP contribution in [0.25, 0.3) is 0 Å². The molecule has 0 aliphatic heterocycles. The first kappa shape index (κ1) is 10.7. The molecule has 0 bridgehead atoms. The predicted octanol–water partition coefficient (Wildman–Crippen LogP) is 4.12. The van der Waals surface area contributed by atoms with Crippen molar-refractivity contribution >= 4 is 0 Å². The molecule has 65 valence electrons. The van der Waals surface area contributed by atoms with Crippen molar-refractivity contribution in [3.05, 3.63) is 11.6 Å². The predicted molar refractivity (Wildman–Crippen MR) is 51.5 cm³/mol. The fraction of sp³-hybridized carbons (Fsp3) is 0.818. The van der Waals surface area contributed by atoms with Gasteiger partial charge in [-0.05, 0) is 31.8 Å². The van der Waals surface area contributed by atoms with E-state index in [1.807, 2.05) is 0 Å². The molecule has 0 aromatic carbocycles. The van der Waals surface area contributed by atoms with Gasteiger partial charge in [0.2, 0.25) is 0 Å². The Bertz CT molecular complexity index is 101. The highest BCUT2D eigenvalue weighted by molar-refractivity contribution is 4.95. The Hall–Kier alpha value is -0.260. The second-order valence-electron chi connectivity index (χ2n) is 2.94. The topological polar surface area (TPSA) is 0 Å². The highest BCUT2D eigenvalue weighted by atomic mass is 14.0. The summed E-state index contributed by atoms with van der Waals surface area (Å²) in [6.45, 7) is 6.64. The second-order valence-corrected chi connectivity index (χ2v) is 2.94. The lowest BCUT2D eigenvalue weighted by atomic mass is 10.0. The Balaban J connectivity index is 3.44. The zero-order valence-corrected chi connectivity index (χ0v) is 8.24. The molecule has 0 aliphatic carbocycles. The summed E-state index contributed by atoms with van der Waals surface area (Å²) in [7, 11) is 0. The van der Waals surface area contributed by atoms with Crippen LogP contribution < -0.4 is 0 Å². The van der Waals surface area contributed by atoms with Crippen LogP contribution in [0.5, 0.6) is 0 Å². The van der Waals surface area contributed by atoms with Crippen LogP contribution >= 0.6 is 0 Å². The van der Waals surface area contributed by atoms with E-state index in [0.717, 1.165) is 6.42 Å². The molecule has 0 nitrogen and oxygen atoms in total. The smallest absolute Gasteiger partial charge is 0.0305 e. The second kappa shape index (κ2) is 7.84. The minimum atomic E-state index is 1.08. The van der Waals surface area contributed by atoms with Gasteiger partial charge in [-0.25, -0.2) is 0 Å². The van der Waals surface area contributed by atoms with Crippen LogP contribution in [0.3, 0.4) is 0 Å². The Kier molecular flexibility index (Phi) is 7.66. The standard InChI is InChI=1S/C11H21/c1-4-7-8-10-11(6-3)9-5-2/h4-8,10H2,1-3H3. The van der Waals surface area contributed by atoms with Crippen molar-refractivity contribution in [2.45, 2.75) is 59.3 Å². The number of allylic oxidation sites excluding steroid dienone is 2. The maximum Gasteiger partial charge on any atom is -0.0305 e. The van der Waals surface area contributed by atoms with Crippen molar-refractivity contribution in [1.82, 2.24) is 0 Å².